The van der Waals surface area contributed by atoms with E-state index in [1.807, 2.05) is 28.8 Å². The molecule has 1 atom stereocenters. The molecule has 6 nitrogen and oxygen atoms in total. The van der Waals surface area contributed by atoms with Crippen molar-refractivity contribution in [1.29, 1.82) is 0 Å². The topological polar surface area (TPSA) is 66.6 Å². The van der Waals surface area contributed by atoms with Gasteiger partial charge < -0.3 is 10.6 Å². The van der Waals surface area contributed by atoms with E-state index in [9.17, 15) is 0 Å². The molecule has 0 amide bonds. The lowest BCUT2D eigenvalue weighted by Gasteiger charge is -2.17. The zero-order valence-corrected chi connectivity index (χ0v) is 16.1. The summed E-state index contributed by atoms with van der Waals surface area (Å²) in [7, 11) is 0. The lowest BCUT2D eigenvalue weighted by Crippen LogP contribution is -2.42. The van der Waals surface area contributed by atoms with E-state index < -0.39 is 0 Å². The van der Waals surface area contributed by atoms with Crippen LogP contribution in [0.5, 0.6) is 0 Å². The quantitative estimate of drug-likeness (QED) is 0.476. The highest BCUT2D eigenvalue weighted by Gasteiger charge is 2.07. The molecule has 0 aliphatic carbocycles. The van der Waals surface area contributed by atoms with Crippen molar-refractivity contribution in [2.45, 2.75) is 39.2 Å². The molecule has 0 radical (unpaired) electrons. The minimum Gasteiger partial charge on any atom is -0.357 e. The normalized spacial score (nSPS) is 12.9. The average molecular weight is 364 g/mol. The largest absolute Gasteiger partial charge is 0.357 e. The highest BCUT2D eigenvalue weighted by molar-refractivity contribution is 5.80. The number of aliphatic imine (C=N–C) groups is 1. The van der Waals surface area contributed by atoms with Gasteiger partial charge in [-0.2, -0.15) is 0 Å². The number of nitrogens with zero attached hydrogens (tertiary/aromatic N) is 4. The number of pyridine rings is 1. The van der Waals surface area contributed by atoms with Gasteiger partial charge in [0.1, 0.15) is 5.82 Å². The summed E-state index contributed by atoms with van der Waals surface area (Å²) in [6.45, 7) is 5.78. The Kier molecular flexibility index (Phi) is 6.79. The molecular weight excluding hydrogens is 336 g/mol. The number of fused-ring (bicyclic) bond motifs is 1. The lowest BCUT2D eigenvalue weighted by atomic mass is 10.1. The summed E-state index contributed by atoms with van der Waals surface area (Å²) in [6.07, 6.45) is 4.85. The molecule has 0 fully saturated rings. The first-order chi connectivity index (χ1) is 13.3. The van der Waals surface area contributed by atoms with E-state index in [4.69, 9.17) is 4.99 Å². The van der Waals surface area contributed by atoms with E-state index in [1.54, 1.807) is 0 Å². The third-order valence-electron chi connectivity index (χ3n) is 4.43. The Morgan fingerprint density at radius 3 is 2.70 bits per heavy atom. The van der Waals surface area contributed by atoms with Crippen molar-refractivity contribution >= 4 is 11.6 Å². The Bertz CT molecular complexity index is 855. The highest BCUT2D eigenvalue weighted by atomic mass is 15.2. The molecule has 0 saturated carbocycles. The fraction of sp³-hybridized carbons (Fsp3) is 0.381. The Labute approximate surface area is 160 Å². The van der Waals surface area contributed by atoms with Gasteiger partial charge in [0, 0.05) is 31.7 Å². The van der Waals surface area contributed by atoms with Crippen molar-refractivity contribution in [3.8, 4) is 0 Å². The van der Waals surface area contributed by atoms with E-state index in [0.717, 1.165) is 43.2 Å². The molecule has 6 heteroatoms. The molecule has 1 aromatic carbocycles. The average Bonchev–Trinajstić information content (AvgIpc) is 3.11. The third-order valence-corrected chi connectivity index (χ3v) is 4.43. The van der Waals surface area contributed by atoms with Gasteiger partial charge in [-0.25, -0.2) is 0 Å². The van der Waals surface area contributed by atoms with Crippen LogP contribution in [-0.4, -0.2) is 39.7 Å². The van der Waals surface area contributed by atoms with E-state index in [1.165, 1.54) is 5.56 Å². The number of hydrogen-bond acceptors (Lipinski definition) is 3. The lowest BCUT2D eigenvalue weighted by molar-refractivity contribution is 0.593. The first-order valence-electron chi connectivity index (χ1n) is 9.63. The van der Waals surface area contributed by atoms with Crippen LogP contribution in [0, 0.1) is 0 Å². The van der Waals surface area contributed by atoms with Gasteiger partial charge in [-0.3, -0.25) is 9.39 Å². The fourth-order valence-electron chi connectivity index (χ4n) is 2.98. The SMILES string of the molecule is CCNC(=NCCc1nnc2ccccn12)NC(C)CCc1ccccc1. The van der Waals surface area contributed by atoms with Crippen LogP contribution in [0.2, 0.25) is 0 Å². The van der Waals surface area contributed by atoms with Gasteiger partial charge in [0.05, 0.1) is 0 Å². The standard InChI is InChI=1S/C21H28N6/c1-3-22-21(24-17(2)12-13-18-9-5-4-6-10-18)23-15-14-20-26-25-19-11-7-8-16-27(19)20/h4-11,16-17H,3,12-15H2,1-2H3,(H2,22,23,24). The molecule has 0 spiro atoms. The molecule has 27 heavy (non-hydrogen) atoms. The maximum Gasteiger partial charge on any atom is 0.191 e. The molecular formula is C21H28N6. The number of rotatable bonds is 8. The number of hydrogen-bond donors (Lipinski definition) is 2. The molecule has 3 aromatic rings. The minimum absolute atomic E-state index is 0.344. The van der Waals surface area contributed by atoms with Crippen LogP contribution in [0.15, 0.2) is 59.7 Å². The zero-order valence-electron chi connectivity index (χ0n) is 16.1. The van der Waals surface area contributed by atoms with E-state index in [0.29, 0.717) is 12.6 Å². The van der Waals surface area contributed by atoms with Crippen LogP contribution in [0.4, 0.5) is 0 Å². The predicted molar refractivity (Wildman–Crippen MR) is 110 cm³/mol. The van der Waals surface area contributed by atoms with Gasteiger partial charge in [0.15, 0.2) is 11.6 Å². The van der Waals surface area contributed by atoms with Crippen molar-refractivity contribution in [1.82, 2.24) is 25.2 Å². The van der Waals surface area contributed by atoms with E-state index >= 15 is 0 Å². The smallest absolute Gasteiger partial charge is 0.191 e. The summed E-state index contributed by atoms with van der Waals surface area (Å²) in [4.78, 5) is 4.70. The Hall–Kier alpha value is -2.89. The summed E-state index contributed by atoms with van der Waals surface area (Å²) >= 11 is 0. The van der Waals surface area contributed by atoms with Crippen LogP contribution in [0.25, 0.3) is 5.65 Å². The Morgan fingerprint density at radius 1 is 1.07 bits per heavy atom. The van der Waals surface area contributed by atoms with Gasteiger partial charge in [-0.15, -0.1) is 10.2 Å². The second kappa shape index (κ2) is 9.71. The van der Waals surface area contributed by atoms with Crippen molar-refractivity contribution in [2.24, 2.45) is 4.99 Å². The van der Waals surface area contributed by atoms with E-state index in [-0.39, 0.29) is 0 Å². The Balaban J connectivity index is 1.52. The van der Waals surface area contributed by atoms with E-state index in [2.05, 4.69) is 65.0 Å². The second-order valence-electron chi connectivity index (χ2n) is 6.63. The van der Waals surface area contributed by atoms with Crippen LogP contribution in [-0.2, 0) is 12.8 Å². The monoisotopic (exact) mass is 364 g/mol. The van der Waals surface area contributed by atoms with Crippen LogP contribution in [0.3, 0.4) is 0 Å². The molecule has 2 aromatic heterocycles. The first-order valence-corrected chi connectivity index (χ1v) is 9.63. The number of aromatic nitrogens is 3. The molecule has 0 aliphatic rings. The summed E-state index contributed by atoms with van der Waals surface area (Å²) in [5, 5.41) is 15.3. The molecule has 2 heterocycles. The van der Waals surface area contributed by atoms with Gasteiger partial charge >= 0.3 is 0 Å². The molecule has 1 unspecified atom stereocenters. The number of guanidine groups is 1. The highest BCUT2D eigenvalue weighted by Crippen LogP contribution is 2.05. The molecule has 2 N–H and O–H groups in total. The van der Waals surface area contributed by atoms with Crippen molar-refractivity contribution in [3.63, 3.8) is 0 Å². The summed E-state index contributed by atoms with van der Waals surface area (Å²) in [6, 6.07) is 16.8. The van der Waals surface area contributed by atoms with Gasteiger partial charge in [-0.1, -0.05) is 36.4 Å². The Morgan fingerprint density at radius 2 is 1.89 bits per heavy atom. The molecule has 3 rings (SSSR count). The first kappa shape index (κ1) is 18.9. The number of benzene rings is 1. The minimum atomic E-state index is 0.344. The number of nitrogens with one attached hydrogen (secondary N) is 2. The maximum atomic E-state index is 4.70. The van der Waals surface area contributed by atoms with Gasteiger partial charge in [0.25, 0.3) is 0 Å². The molecule has 0 bridgehead atoms. The molecule has 0 saturated heterocycles. The number of aryl methyl sites for hydroxylation is 1. The van der Waals surface area contributed by atoms with Crippen molar-refractivity contribution in [2.75, 3.05) is 13.1 Å². The van der Waals surface area contributed by atoms with Crippen LogP contribution in [0.1, 0.15) is 31.7 Å². The van der Waals surface area contributed by atoms with Gasteiger partial charge in [0.2, 0.25) is 0 Å². The molecule has 0 aliphatic heterocycles. The maximum absolute atomic E-state index is 4.70. The zero-order chi connectivity index (χ0) is 18.9. The second-order valence-corrected chi connectivity index (χ2v) is 6.63. The fourth-order valence-corrected chi connectivity index (χ4v) is 2.98. The van der Waals surface area contributed by atoms with Crippen LogP contribution < -0.4 is 10.6 Å². The summed E-state index contributed by atoms with van der Waals surface area (Å²) in [5.74, 6) is 1.79. The van der Waals surface area contributed by atoms with Crippen molar-refractivity contribution in [3.05, 3.63) is 66.1 Å². The molecule has 142 valence electrons. The summed E-state index contributed by atoms with van der Waals surface area (Å²) < 4.78 is 2.01. The van der Waals surface area contributed by atoms with Crippen molar-refractivity contribution < 1.29 is 0 Å². The van der Waals surface area contributed by atoms with Crippen LogP contribution >= 0.6 is 0 Å². The van der Waals surface area contributed by atoms with Gasteiger partial charge in [-0.05, 0) is 44.4 Å². The summed E-state index contributed by atoms with van der Waals surface area (Å²) in [5.41, 5.74) is 2.24. The predicted octanol–water partition coefficient (Wildman–Crippen LogP) is 2.85. The third kappa shape index (κ3) is 5.54.